The molecule has 0 aromatic heterocycles. The van der Waals surface area contributed by atoms with Crippen LogP contribution >= 0.6 is 23.4 Å². The number of carbonyl (C=O) groups is 2. The number of amides is 2. The quantitative estimate of drug-likeness (QED) is 0.891. The zero-order chi connectivity index (χ0) is 15.6. The molecule has 1 aliphatic heterocycles. The van der Waals surface area contributed by atoms with E-state index in [0.29, 0.717) is 17.9 Å². The van der Waals surface area contributed by atoms with Crippen molar-refractivity contribution >= 4 is 41.1 Å². The Hall–Kier alpha value is -1.47. The van der Waals surface area contributed by atoms with Crippen LogP contribution in [0.4, 0.5) is 14.9 Å². The fraction of sp³-hybridized carbons (Fsp3) is 0.385. The van der Waals surface area contributed by atoms with Gasteiger partial charge in [-0.3, -0.25) is 4.90 Å². The van der Waals surface area contributed by atoms with Gasteiger partial charge in [-0.2, -0.15) is 0 Å². The molecule has 0 aliphatic carbocycles. The second kappa shape index (κ2) is 6.53. The predicted octanol–water partition coefficient (Wildman–Crippen LogP) is 3.25. The Morgan fingerprint density at radius 3 is 2.86 bits per heavy atom. The molecule has 2 amide bonds. The van der Waals surface area contributed by atoms with Gasteiger partial charge in [-0.15, -0.1) is 11.8 Å². The number of carbonyl (C=O) groups excluding carboxylic acids is 1. The summed E-state index contributed by atoms with van der Waals surface area (Å²) in [5.41, 5.74) is 0.322. The SMILES string of the molecule is CCC1SCC(C(=O)O)N1C(=O)Nc1ccc(F)c(Cl)c1. The molecule has 0 saturated carbocycles. The monoisotopic (exact) mass is 332 g/mol. The van der Waals surface area contributed by atoms with Crippen molar-refractivity contribution in [3.05, 3.63) is 29.0 Å². The molecule has 1 aliphatic rings. The van der Waals surface area contributed by atoms with Gasteiger partial charge in [0, 0.05) is 11.4 Å². The average molecular weight is 333 g/mol. The van der Waals surface area contributed by atoms with Gasteiger partial charge in [0.05, 0.1) is 10.4 Å². The molecule has 5 nitrogen and oxygen atoms in total. The molecule has 0 spiro atoms. The van der Waals surface area contributed by atoms with Gasteiger partial charge in [0.2, 0.25) is 0 Å². The standard InChI is InChI=1S/C13H14ClFN2O3S/c1-2-11-17(10(6-21-11)12(18)19)13(20)16-7-3-4-9(15)8(14)5-7/h3-5,10-11H,2,6H2,1H3,(H,16,20)(H,18,19). The van der Waals surface area contributed by atoms with Crippen LogP contribution in [0.15, 0.2) is 18.2 Å². The molecule has 2 N–H and O–H groups in total. The van der Waals surface area contributed by atoms with Crippen molar-refractivity contribution in [1.82, 2.24) is 4.90 Å². The third-order valence-electron chi connectivity index (χ3n) is 3.13. The van der Waals surface area contributed by atoms with E-state index in [-0.39, 0.29) is 10.4 Å². The smallest absolute Gasteiger partial charge is 0.327 e. The first-order valence-corrected chi connectivity index (χ1v) is 7.75. The highest BCUT2D eigenvalue weighted by atomic mass is 35.5. The number of urea groups is 1. The Balaban J connectivity index is 2.16. The number of anilines is 1. The molecule has 2 rings (SSSR count). The van der Waals surface area contributed by atoms with E-state index in [1.165, 1.54) is 28.8 Å². The van der Waals surface area contributed by atoms with Gasteiger partial charge in [0.15, 0.2) is 0 Å². The fourth-order valence-electron chi connectivity index (χ4n) is 2.10. The van der Waals surface area contributed by atoms with Crippen LogP contribution in [0.5, 0.6) is 0 Å². The second-order valence-corrected chi connectivity index (χ2v) is 6.13. The molecule has 2 atom stereocenters. The number of halogens is 2. The van der Waals surface area contributed by atoms with E-state index in [1.807, 2.05) is 6.92 Å². The molecule has 0 bridgehead atoms. The summed E-state index contributed by atoms with van der Waals surface area (Å²) < 4.78 is 13.1. The maximum absolute atomic E-state index is 13.1. The van der Waals surface area contributed by atoms with Gasteiger partial charge >= 0.3 is 12.0 Å². The van der Waals surface area contributed by atoms with Gasteiger partial charge in [0.25, 0.3) is 0 Å². The molecular weight excluding hydrogens is 319 g/mol. The van der Waals surface area contributed by atoms with Crippen molar-refractivity contribution in [1.29, 1.82) is 0 Å². The molecule has 1 fully saturated rings. The summed E-state index contributed by atoms with van der Waals surface area (Å²) in [6, 6.07) is 2.41. The van der Waals surface area contributed by atoms with Crippen LogP contribution in [0.25, 0.3) is 0 Å². The van der Waals surface area contributed by atoms with E-state index in [2.05, 4.69) is 5.32 Å². The van der Waals surface area contributed by atoms with Crippen molar-refractivity contribution in [2.24, 2.45) is 0 Å². The molecule has 114 valence electrons. The molecule has 8 heteroatoms. The minimum atomic E-state index is -1.04. The topological polar surface area (TPSA) is 69.6 Å². The Kier molecular flexibility index (Phi) is 4.95. The highest BCUT2D eigenvalue weighted by Crippen LogP contribution is 2.32. The summed E-state index contributed by atoms with van der Waals surface area (Å²) in [7, 11) is 0. The van der Waals surface area contributed by atoms with Crippen LogP contribution in [0, 0.1) is 5.82 Å². The third-order valence-corrected chi connectivity index (χ3v) is 4.88. The Labute approximate surface area is 130 Å². The third kappa shape index (κ3) is 3.41. The summed E-state index contributed by atoms with van der Waals surface area (Å²) in [4.78, 5) is 24.8. The van der Waals surface area contributed by atoms with E-state index >= 15 is 0 Å². The van der Waals surface area contributed by atoms with Gasteiger partial charge in [-0.1, -0.05) is 18.5 Å². The van der Waals surface area contributed by atoms with E-state index in [1.54, 1.807) is 0 Å². The lowest BCUT2D eigenvalue weighted by Gasteiger charge is -2.26. The normalized spacial score (nSPS) is 21.4. The Morgan fingerprint density at radius 2 is 2.29 bits per heavy atom. The van der Waals surface area contributed by atoms with Crippen molar-refractivity contribution in [2.75, 3.05) is 11.1 Å². The number of hydrogen-bond donors (Lipinski definition) is 2. The highest BCUT2D eigenvalue weighted by Gasteiger charge is 2.40. The predicted molar refractivity (Wildman–Crippen MR) is 80.2 cm³/mol. The molecule has 1 heterocycles. The first-order chi connectivity index (χ1) is 9.93. The van der Waals surface area contributed by atoms with Crippen molar-refractivity contribution < 1.29 is 19.1 Å². The second-order valence-electron chi connectivity index (χ2n) is 4.52. The first-order valence-electron chi connectivity index (χ1n) is 6.32. The number of nitrogens with zero attached hydrogens (tertiary/aromatic N) is 1. The number of thioether (sulfide) groups is 1. The summed E-state index contributed by atoms with van der Waals surface area (Å²) in [5, 5.41) is 11.4. The average Bonchev–Trinajstić information content (AvgIpc) is 2.87. The lowest BCUT2D eigenvalue weighted by Crippen LogP contribution is -2.47. The number of carboxylic acid groups (broad SMARTS) is 1. The highest BCUT2D eigenvalue weighted by molar-refractivity contribution is 8.00. The molecule has 1 aromatic rings. The minimum absolute atomic E-state index is 0.106. The maximum Gasteiger partial charge on any atom is 0.327 e. The van der Waals surface area contributed by atoms with Gasteiger partial charge in [-0.25, -0.2) is 14.0 Å². The van der Waals surface area contributed by atoms with Crippen molar-refractivity contribution in [3.8, 4) is 0 Å². The molecular formula is C13H14ClFN2O3S. The van der Waals surface area contributed by atoms with Gasteiger partial charge in [0.1, 0.15) is 11.9 Å². The largest absolute Gasteiger partial charge is 0.480 e. The zero-order valence-electron chi connectivity index (χ0n) is 11.2. The van der Waals surface area contributed by atoms with Crippen LogP contribution in [0.3, 0.4) is 0 Å². The first kappa shape index (κ1) is 15.9. The van der Waals surface area contributed by atoms with Crippen molar-refractivity contribution in [2.45, 2.75) is 24.8 Å². The summed E-state index contributed by atoms with van der Waals surface area (Å²) in [6.07, 6.45) is 0.645. The molecule has 0 radical (unpaired) electrons. The van der Waals surface area contributed by atoms with Crippen LogP contribution in [-0.2, 0) is 4.79 Å². The van der Waals surface area contributed by atoms with Crippen LogP contribution in [0.2, 0.25) is 5.02 Å². The van der Waals surface area contributed by atoms with Crippen LogP contribution in [-0.4, -0.2) is 39.2 Å². The Morgan fingerprint density at radius 1 is 1.57 bits per heavy atom. The molecule has 2 unspecified atom stereocenters. The summed E-state index contributed by atoms with van der Waals surface area (Å²) in [6.45, 7) is 1.89. The number of rotatable bonds is 3. The van der Waals surface area contributed by atoms with Crippen LogP contribution < -0.4 is 5.32 Å². The molecule has 21 heavy (non-hydrogen) atoms. The fourth-order valence-corrected chi connectivity index (χ4v) is 3.63. The van der Waals surface area contributed by atoms with Crippen LogP contribution in [0.1, 0.15) is 13.3 Å². The zero-order valence-corrected chi connectivity index (χ0v) is 12.7. The number of hydrogen-bond acceptors (Lipinski definition) is 3. The van der Waals surface area contributed by atoms with E-state index < -0.39 is 23.9 Å². The van der Waals surface area contributed by atoms with Crippen molar-refractivity contribution in [3.63, 3.8) is 0 Å². The summed E-state index contributed by atoms with van der Waals surface area (Å²) >= 11 is 7.08. The number of nitrogens with one attached hydrogen (secondary N) is 1. The lowest BCUT2D eigenvalue weighted by molar-refractivity contribution is -0.141. The van der Waals surface area contributed by atoms with E-state index in [0.717, 1.165) is 6.07 Å². The Bertz CT molecular complexity index is 572. The number of carboxylic acids is 1. The number of benzene rings is 1. The lowest BCUT2D eigenvalue weighted by atomic mass is 10.2. The van der Waals surface area contributed by atoms with Gasteiger partial charge < -0.3 is 10.4 Å². The van der Waals surface area contributed by atoms with Gasteiger partial charge in [-0.05, 0) is 24.6 Å². The summed E-state index contributed by atoms with van der Waals surface area (Å²) in [5.74, 6) is -1.27. The maximum atomic E-state index is 13.1. The number of aliphatic carboxylic acids is 1. The van der Waals surface area contributed by atoms with E-state index in [9.17, 15) is 19.1 Å². The minimum Gasteiger partial charge on any atom is -0.480 e. The molecule has 1 saturated heterocycles. The van der Waals surface area contributed by atoms with E-state index in [4.69, 9.17) is 11.6 Å². The molecule has 1 aromatic carbocycles.